The summed E-state index contributed by atoms with van der Waals surface area (Å²) >= 11 is 0. The Labute approximate surface area is 124 Å². The molecule has 0 radical (unpaired) electrons. The van der Waals surface area contributed by atoms with E-state index in [1.807, 2.05) is 72.8 Å². The van der Waals surface area contributed by atoms with Crippen molar-refractivity contribution < 1.29 is 9.47 Å². The summed E-state index contributed by atoms with van der Waals surface area (Å²) in [6.45, 7) is 0. The monoisotopic (exact) mass is 276 g/mol. The second-order valence-electron chi connectivity index (χ2n) is 4.64. The van der Waals surface area contributed by atoms with E-state index >= 15 is 0 Å². The second kappa shape index (κ2) is 6.14. The molecule has 3 aromatic rings. The molecule has 0 aliphatic heterocycles. The molecule has 0 amide bonds. The van der Waals surface area contributed by atoms with Crippen molar-refractivity contribution >= 4 is 0 Å². The van der Waals surface area contributed by atoms with Gasteiger partial charge in [-0.05, 0) is 35.9 Å². The summed E-state index contributed by atoms with van der Waals surface area (Å²) < 4.78 is 11.2. The van der Waals surface area contributed by atoms with Crippen LogP contribution in [0.5, 0.6) is 17.2 Å². The first kappa shape index (κ1) is 13.3. The van der Waals surface area contributed by atoms with E-state index in [4.69, 9.17) is 9.47 Å². The van der Waals surface area contributed by atoms with Crippen LogP contribution in [-0.2, 0) is 0 Å². The van der Waals surface area contributed by atoms with E-state index in [1.165, 1.54) is 0 Å². The predicted molar refractivity (Wildman–Crippen MR) is 84.9 cm³/mol. The van der Waals surface area contributed by atoms with Gasteiger partial charge in [0.25, 0.3) is 0 Å². The number of benzene rings is 3. The summed E-state index contributed by atoms with van der Waals surface area (Å²) in [5, 5.41) is 0. The first-order valence-electron chi connectivity index (χ1n) is 6.83. The average molecular weight is 276 g/mol. The van der Waals surface area contributed by atoms with Crippen molar-refractivity contribution in [2.24, 2.45) is 0 Å². The third-order valence-corrected chi connectivity index (χ3v) is 3.26. The smallest absolute Gasteiger partial charge is 0.135 e. The molecule has 0 aliphatic carbocycles. The van der Waals surface area contributed by atoms with Gasteiger partial charge in [0.05, 0.1) is 7.11 Å². The van der Waals surface area contributed by atoms with Crippen LogP contribution in [0.3, 0.4) is 0 Å². The van der Waals surface area contributed by atoms with E-state index in [2.05, 4.69) is 6.07 Å². The number of hydrogen-bond donors (Lipinski definition) is 0. The van der Waals surface area contributed by atoms with Crippen LogP contribution in [0, 0.1) is 0 Å². The molecule has 2 heteroatoms. The van der Waals surface area contributed by atoms with Gasteiger partial charge in [0.2, 0.25) is 0 Å². The Balaban J connectivity index is 1.95. The third kappa shape index (κ3) is 3.06. The minimum absolute atomic E-state index is 0.832. The summed E-state index contributed by atoms with van der Waals surface area (Å²) in [5.74, 6) is 2.52. The zero-order valence-corrected chi connectivity index (χ0v) is 11.8. The molecule has 0 heterocycles. The minimum Gasteiger partial charge on any atom is -0.497 e. The first-order valence-corrected chi connectivity index (χ1v) is 6.83. The maximum Gasteiger partial charge on any atom is 0.135 e. The van der Waals surface area contributed by atoms with E-state index in [0.29, 0.717) is 0 Å². The van der Waals surface area contributed by atoms with Crippen molar-refractivity contribution in [2.75, 3.05) is 7.11 Å². The summed E-state index contributed by atoms with van der Waals surface area (Å²) in [7, 11) is 1.67. The molecule has 0 saturated carbocycles. The van der Waals surface area contributed by atoms with Gasteiger partial charge in [-0.15, -0.1) is 0 Å². The second-order valence-corrected chi connectivity index (χ2v) is 4.64. The normalized spacial score (nSPS) is 10.1. The Bertz CT molecular complexity index is 703. The van der Waals surface area contributed by atoms with Crippen LogP contribution >= 0.6 is 0 Å². The van der Waals surface area contributed by atoms with Gasteiger partial charge < -0.3 is 9.47 Å². The zero-order valence-electron chi connectivity index (χ0n) is 11.8. The van der Waals surface area contributed by atoms with Gasteiger partial charge in [-0.25, -0.2) is 0 Å². The number of ether oxygens (including phenoxy) is 2. The highest BCUT2D eigenvalue weighted by atomic mass is 16.5. The minimum atomic E-state index is 0.832. The van der Waals surface area contributed by atoms with Gasteiger partial charge in [-0.3, -0.25) is 0 Å². The van der Waals surface area contributed by atoms with Crippen molar-refractivity contribution in [3.8, 4) is 28.4 Å². The van der Waals surface area contributed by atoms with Crippen LogP contribution in [-0.4, -0.2) is 7.11 Å². The van der Waals surface area contributed by atoms with E-state index in [1.54, 1.807) is 7.11 Å². The largest absolute Gasteiger partial charge is 0.497 e. The molecule has 0 N–H and O–H groups in total. The fourth-order valence-electron chi connectivity index (χ4n) is 2.18. The van der Waals surface area contributed by atoms with Crippen molar-refractivity contribution in [3.05, 3.63) is 78.9 Å². The highest BCUT2D eigenvalue weighted by Gasteiger charge is 2.06. The van der Waals surface area contributed by atoms with Gasteiger partial charge in [-0.2, -0.15) is 0 Å². The zero-order chi connectivity index (χ0) is 14.5. The average Bonchev–Trinajstić information content (AvgIpc) is 2.56. The van der Waals surface area contributed by atoms with E-state index in [0.717, 1.165) is 28.4 Å². The number of rotatable bonds is 4. The van der Waals surface area contributed by atoms with Crippen LogP contribution in [0.2, 0.25) is 0 Å². The van der Waals surface area contributed by atoms with Crippen LogP contribution in [0.4, 0.5) is 0 Å². The third-order valence-electron chi connectivity index (χ3n) is 3.26. The van der Waals surface area contributed by atoms with Crippen LogP contribution in [0.1, 0.15) is 0 Å². The Morgan fingerprint density at radius 2 is 1.29 bits per heavy atom. The van der Waals surface area contributed by atoms with Crippen LogP contribution in [0.15, 0.2) is 78.9 Å². The molecule has 3 aromatic carbocycles. The lowest BCUT2D eigenvalue weighted by Crippen LogP contribution is -1.88. The Morgan fingerprint density at radius 3 is 2.00 bits per heavy atom. The lowest BCUT2D eigenvalue weighted by Gasteiger charge is -2.11. The maximum absolute atomic E-state index is 5.99. The van der Waals surface area contributed by atoms with Gasteiger partial charge in [0, 0.05) is 5.56 Å². The SMILES string of the molecule is COc1ccc(-c2ccccc2Oc2ccccc2)cc1. The Hall–Kier alpha value is -2.74. The number of para-hydroxylation sites is 2. The predicted octanol–water partition coefficient (Wildman–Crippen LogP) is 5.15. The molecule has 0 fully saturated rings. The number of methoxy groups -OCH3 is 1. The molecule has 104 valence electrons. The van der Waals surface area contributed by atoms with E-state index in [9.17, 15) is 0 Å². The van der Waals surface area contributed by atoms with Gasteiger partial charge in [-0.1, -0.05) is 48.5 Å². The van der Waals surface area contributed by atoms with Crippen LogP contribution in [0.25, 0.3) is 11.1 Å². The molecule has 2 nitrogen and oxygen atoms in total. The van der Waals surface area contributed by atoms with Crippen molar-refractivity contribution in [1.82, 2.24) is 0 Å². The molecule has 0 atom stereocenters. The van der Waals surface area contributed by atoms with Gasteiger partial charge in [0.1, 0.15) is 17.2 Å². The standard InChI is InChI=1S/C19H16O2/c1-20-16-13-11-15(12-14-16)18-9-5-6-10-19(18)21-17-7-3-2-4-8-17/h2-14H,1H3. The fourth-order valence-corrected chi connectivity index (χ4v) is 2.18. The summed E-state index contributed by atoms with van der Waals surface area (Å²) in [6.07, 6.45) is 0. The fraction of sp³-hybridized carbons (Fsp3) is 0.0526. The summed E-state index contributed by atoms with van der Waals surface area (Å²) in [5.41, 5.74) is 2.16. The summed E-state index contributed by atoms with van der Waals surface area (Å²) in [6, 6.07) is 25.8. The van der Waals surface area contributed by atoms with E-state index < -0.39 is 0 Å². The highest BCUT2D eigenvalue weighted by molar-refractivity contribution is 5.71. The molecule has 0 spiro atoms. The number of hydrogen-bond acceptors (Lipinski definition) is 2. The van der Waals surface area contributed by atoms with Crippen molar-refractivity contribution in [3.63, 3.8) is 0 Å². The van der Waals surface area contributed by atoms with Crippen molar-refractivity contribution in [2.45, 2.75) is 0 Å². The van der Waals surface area contributed by atoms with Crippen LogP contribution < -0.4 is 9.47 Å². The molecule has 0 bridgehead atoms. The molecule has 0 saturated heterocycles. The lowest BCUT2D eigenvalue weighted by molar-refractivity contribution is 0.415. The topological polar surface area (TPSA) is 18.5 Å². The molecular weight excluding hydrogens is 260 g/mol. The van der Waals surface area contributed by atoms with Crippen molar-refractivity contribution in [1.29, 1.82) is 0 Å². The lowest BCUT2D eigenvalue weighted by atomic mass is 10.0. The summed E-state index contributed by atoms with van der Waals surface area (Å²) in [4.78, 5) is 0. The molecule has 0 unspecified atom stereocenters. The highest BCUT2D eigenvalue weighted by Crippen LogP contribution is 2.33. The molecule has 0 aromatic heterocycles. The Kier molecular flexibility index (Phi) is 3.88. The quantitative estimate of drug-likeness (QED) is 0.655. The molecule has 0 aliphatic rings. The molecule has 3 rings (SSSR count). The molecular formula is C19H16O2. The maximum atomic E-state index is 5.99. The van der Waals surface area contributed by atoms with E-state index in [-0.39, 0.29) is 0 Å². The molecule has 21 heavy (non-hydrogen) atoms. The Morgan fingerprint density at radius 1 is 0.619 bits per heavy atom. The first-order chi connectivity index (χ1) is 10.4. The van der Waals surface area contributed by atoms with Gasteiger partial charge >= 0.3 is 0 Å². The van der Waals surface area contributed by atoms with Gasteiger partial charge in [0.15, 0.2) is 0 Å².